The van der Waals surface area contributed by atoms with Crippen LogP contribution in [0.25, 0.3) is 0 Å². The number of amidine groups is 1. The first-order valence-electron chi connectivity index (χ1n) is 13.2. The van der Waals surface area contributed by atoms with Crippen LogP contribution in [0.5, 0.6) is 5.75 Å². The van der Waals surface area contributed by atoms with Crippen LogP contribution >= 0.6 is 11.6 Å². The van der Waals surface area contributed by atoms with Crippen LogP contribution in [0.4, 0.5) is 10.3 Å². The molecule has 5 rings (SSSR count). The number of carbonyl (C=O) groups is 1. The molecule has 3 aliphatic rings. The summed E-state index contributed by atoms with van der Waals surface area (Å²) in [4.78, 5) is 26.5. The molecule has 1 aromatic heterocycles. The van der Waals surface area contributed by atoms with Gasteiger partial charge in [0.25, 0.3) is 0 Å². The van der Waals surface area contributed by atoms with Gasteiger partial charge in [0, 0.05) is 32.2 Å². The summed E-state index contributed by atoms with van der Waals surface area (Å²) in [6, 6.07) is 4.69. The smallest absolute Gasteiger partial charge is 0.227 e. The fourth-order valence-electron chi connectivity index (χ4n) is 5.61. The van der Waals surface area contributed by atoms with Gasteiger partial charge < -0.3 is 19.4 Å². The highest BCUT2D eigenvalue weighted by Gasteiger charge is 2.43. The average molecular weight is 542 g/mol. The molecule has 3 heterocycles. The molecular formula is C27H33ClFN7O2. The summed E-state index contributed by atoms with van der Waals surface area (Å²) in [6.07, 6.45) is 8.78. The van der Waals surface area contributed by atoms with E-state index in [0.29, 0.717) is 41.9 Å². The second-order valence-corrected chi connectivity index (χ2v) is 10.8. The number of amides is 1. The number of rotatable bonds is 9. The zero-order chi connectivity index (χ0) is 26.6. The van der Waals surface area contributed by atoms with E-state index in [-0.39, 0.29) is 24.7 Å². The van der Waals surface area contributed by atoms with E-state index >= 15 is 0 Å². The minimum atomic E-state index is -0.454. The summed E-state index contributed by atoms with van der Waals surface area (Å²) >= 11 is 5.89. The summed E-state index contributed by atoms with van der Waals surface area (Å²) < 4.78 is 20.5. The Hall–Kier alpha value is -3.27. The third-order valence-corrected chi connectivity index (χ3v) is 8.14. The molecule has 0 bridgehead atoms. The fourth-order valence-corrected chi connectivity index (χ4v) is 5.71. The first-order chi connectivity index (χ1) is 18.4. The lowest BCUT2D eigenvalue weighted by Gasteiger charge is -2.33. The Morgan fingerprint density at radius 2 is 1.95 bits per heavy atom. The first-order valence-corrected chi connectivity index (χ1v) is 13.5. The zero-order valence-corrected chi connectivity index (χ0v) is 22.0. The summed E-state index contributed by atoms with van der Waals surface area (Å²) in [5, 5.41) is 15.8. The Labute approximate surface area is 227 Å². The van der Waals surface area contributed by atoms with Gasteiger partial charge in [-0.1, -0.05) is 17.7 Å². The number of piperazine rings is 1. The molecule has 0 spiro atoms. The molecule has 11 heteroatoms. The Morgan fingerprint density at radius 1 is 1.18 bits per heavy atom. The van der Waals surface area contributed by atoms with Gasteiger partial charge in [-0.05, 0) is 55.1 Å². The number of nitrogens with one attached hydrogen (secondary N) is 2. The minimum Gasteiger partial charge on any atom is -0.493 e. The van der Waals surface area contributed by atoms with Gasteiger partial charge in [0.2, 0.25) is 11.9 Å². The molecule has 2 saturated heterocycles. The molecule has 0 unspecified atom stereocenters. The maximum Gasteiger partial charge on any atom is 0.227 e. The maximum absolute atomic E-state index is 14.7. The number of piperidine rings is 1. The lowest BCUT2D eigenvalue weighted by Crippen LogP contribution is -2.51. The van der Waals surface area contributed by atoms with E-state index in [2.05, 4.69) is 14.9 Å². The van der Waals surface area contributed by atoms with E-state index in [4.69, 9.17) is 27.2 Å². The van der Waals surface area contributed by atoms with Crippen molar-refractivity contribution in [3.63, 3.8) is 0 Å². The monoisotopic (exact) mass is 541 g/mol. The molecule has 202 valence electrons. The van der Waals surface area contributed by atoms with E-state index in [1.54, 1.807) is 24.5 Å². The van der Waals surface area contributed by atoms with E-state index in [0.717, 1.165) is 56.5 Å². The topological polar surface area (TPSA) is 110 Å². The Bertz CT molecular complexity index is 1170. The molecule has 9 nitrogen and oxygen atoms in total. The number of halogens is 2. The number of aromatic nitrogens is 2. The third kappa shape index (κ3) is 6.23. The van der Waals surface area contributed by atoms with Crippen molar-refractivity contribution < 1.29 is 13.9 Å². The highest BCUT2D eigenvalue weighted by Crippen LogP contribution is 2.49. The Balaban J connectivity index is 1.02. The Kier molecular flexibility index (Phi) is 8.06. The Morgan fingerprint density at radius 3 is 2.63 bits per heavy atom. The minimum absolute atomic E-state index is 0.0588. The summed E-state index contributed by atoms with van der Waals surface area (Å²) in [6.45, 7) is 3.43. The zero-order valence-electron chi connectivity index (χ0n) is 21.3. The third-order valence-electron chi connectivity index (χ3n) is 7.94. The summed E-state index contributed by atoms with van der Waals surface area (Å²) in [7, 11) is 0. The van der Waals surface area contributed by atoms with Crippen molar-refractivity contribution in [2.75, 3.05) is 44.2 Å². The fraction of sp³-hybridized carbons (Fsp3) is 0.519. The summed E-state index contributed by atoms with van der Waals surface area (Å²) in [5.41, 5.74) is 0.320. The number of nitrogens with zero attached hydrogens (tertiary/aromatic N) is 5. The first kappa shape index (κ1) is 26.3. The van der Waals surface area contributed by atoms with Gasteiger partial charge in [-0.2, -0.15) is 0 Å². The largest absolute Gasteiger partial charge is 0.493 e. The van der Waals surface area contributed by atoms with Gasteiger partial charge in [-0.3, -0.25) is 15.6 Å². The quantitative estimate of drug-likeness (QED) is 0.368. The lowest BCUT2D eigenvalue weighted by molar-refractivity contribution is -0.130. The van der Waals surface area contributed by atoms with Gasteiger partial charge in [-0.15, -0.1) is 0 Å². The maximum atomic E-state index is 14.7. The molecule has 3 fully saturated rings. The lowest BCUT2D eigenvalue weighted by atomic mass is 9.90. The van der Waals surface area contributed by atoms with Crippen LogP contribution in [0.3, 0.4) is 0 Å². The van der Waals surface area contributed by atoms with Crippen LogP contribution in [0, 0.1) is 34.4 Å². The highest BCUT2D eigenvalue weighted by molar-refractivity contribution is 6.30. The molecule has 2 aliphatic heterocycles. The number of hydrogen-bond donors (Lipinski definition) is 2. The van der Waals surface area contributed by atoms with Gasteiger partial charge in [-0.25, -0.2) is 14.4 Å². The number of hydrogen-bond acceptors (Lipinski definition) is 7. The van der Waals surface area contributed by atoms with Crippen molar-refractivity contribution in [1.82, 2.24) is 19.8 Å². The second kappa shape index (κ2) is 11.6. The van der Waals surface area contributed by atoms with Crippen molar-refractivity contribution >= 4 is 35.6 Å². The van der Waals surface area contributed by atoms with Crippen LogP contribution in [0.2, 0.25) is 5.02 Å². The van der Waals surface area contributed by atoms with Crippen LogP contribution < -0.4 is 9.64 Å². The number of ether oxygens (including phenoxy) is 1. The molecule has 1 aliphatic carbocycles. The predicted octanol–water partition coefficient (Wildman–Crippen LogP) is 3.86. The van der Waals surface area contributed by atoms with Crippen molar-refractivity contribution in [3.05, 3.63) is 47.0 Å². The number of carbonyl (C=O) groups excluding carboxylic acids is 1. The number of anilines is 1. The highest BCUT2D eigenvalue weighted by atomic mass is 35.5. The van der Waals surface area contributed by atoms with Crippen molar-refractivity contribution in [2.45, 2.75) is 32.1 Å². The molecule has 38 heavy (non-hydrogen) atoms. The molecule has 0 radical (unpaired) electrons. The molecule has 1 amide bonds. The van der Waals surface area contributed by atoms with Crippen LogP contribution in [-0.2, 0) is 11.2 Å². The van der Waals surface area contributed by atoms with E-state index in [1.165, 1.54) is 22.3 Å². The molecule has 1 saturated carbocycles. The predicted molar refractivity (Wildman–Crippen MR) is 144 cm³/mol. The molecular weight excluding hydrogens is 509 g/mol. The van der Waals surface area contributed by atoms with Crippen LogP contribution in [0.1, 0.15) is 31.2 Å². The van der Waals surface area contributed by atoms with Crippen molar-refractivity contribution in [2.24, 2.45) is 17.8 Å². The van der Waals surface area contributed by atoms with E-state index in [1.807, 2.05) is 0 Å². The second-order valence-electron chi connectivity index (χ2n) is 10.3. The molecule has 2 aromatic rings. The molecule has 2 N–H and O–H groups in total. The van der Waals surface area contributed by atoms with Gasteiger partial charge >= 0.3 is 0 Å². The van der Waals surface area contributed by atoms with Crippen molar-refractivity contribution in [1.29, 1.82) is 10.8 Å². The SMILES string of the molecule is N=CN1CCN(C(=O)Cc2ccc(OCC[C@@H]3C[C@@H]3C3CCN(c4ncc(Cl)cn4)CC3)cc2F)CC1=N. The average Bonchev–Trinajstić information content (AvgIpc) is 3.70. The molecule has 2 atom stereocenters. The summed E-state index contributed by atoms with van der Waals surface area (Å²) in [5.74, 6) is 2.86. The number of benzene rings is 1. The van der Waals surface area contributed by atoms with Crippen LogP contribution in [-0.4, -0.2) is 77.2 Å². The van der Waals surface area contributed by atoms with Crippen molar-refractivity contribution in [3.8, 4) is 5.75 Å². The molecule has 1 aromatic carbocycles. The van der Waals surface area contributed by atoms with Crippen LogP contribution in [0.15, 0.2) is 30.6 Å². The van der Waals surface area contributed by atoms with E-state index < -0.39 is 5.82 Å². The van der Waals surface area contributed by atoms with Gasteiger partial charge in [0.05, 0.1) is 43.3 Å². The normalized spacial score (nSPS) is 21.9. The van der Waals surface area contributed by atoms with Gasteiger partial charge in [0.1, 0.15) is 17.4 Å². The standard InChI is InChI=1S/C27H33ClFN7O2/c28-21-14-32-27(33-15-21)34-6-3-18(4-7-34)23-11-19(23)5-10-38-22-2-1-20(24(29)13-22)12-26(37)35-8-9-36(17-30)25(31)16-35/h1-2,13-15,17-19,23,30-31H,3-12,16H2/t19-,23-/m1/s1. The van der Waals surface area contributed by atoms with Gasteiger partial charge in [0.15, 0.2) is 0 Å². The van der Waals surface area contributed by atoms with E-state index in [9.17, 15) is 9.18 Å².